The highest BCUT2D eigenvalue weighted by molar-refractivity contribution is 7.13. The van der Waals surface area contributed by atoms with Gasteiger partial charge in [0.25, 0.3) is 0 Å². The fourth-order valence-electron chi connectivity index (χ4n) is 0.558. The molecule has 0 aliphatic heterocycles. The van der Waals surface area contributed by atoms with Crippen LogP contribution in [0.15, 0.2) is 5.51 Å². The van der Waals surface area contributed by atoms with E-state index in [-0.39, 0.29) is 6.03 Å². The van der Waals surface area contributed by atoms with Crippen LogP contribution in [0.25, 0.3) is 0 Å². The van der Waals surface area contributed by atoms with Crippen molar-refractivity contribution in [1.29, 1.82) is 0 Å². The minimum absolute atomic E-state index is 0.158. The quantitative estimate of drug-likeness (QED) is 0.750. The Balaban J connectivity index is 2.47. The van der Waals surface area contributed by atoms with Crippen molar-refractivity contribution in [3.05, 3.63) is 5.51 Å². The summed E-state index contributed by atoms with van der Waals surface area (Å²) >= 11 is 1.30. The maximum Gasteiger partial charge on any atom is 0.323 e. The van der Waals surface area contributed by atoms with E-state index in [2.05, 4.69) is 15.5 Å². The summed E-state index contributed by atoms with van der Waals surface area (Å²) in [5, 5.41) is 10.4. The van der Waals surface area contributed by atoms with Gasteiger partial charge >= 0.3 is 6.03 Å². The van der Waals surface area contributed by atoms with E-state index in [9.17, 15) is 4.79 Å². The lowest BCUT2D eigenvalue weighted by Crippen LogP contribution is -2.30. The zero-order valence-corrected chi connectivity index (χ0v) is 7.76. The van der Waals surface area contributed by atoms with E-state index in [1.165, 1.54) is 11.3 Å². The highest BCUT2D eigenvalue weighted by Crippen LogP contribution is 2.08. The molecule has 0 aliphatic rings. The standard InChI is InChI=1S/C6H10N4OS/c1-3-10(2)6(11)8-5-9-7-4-12-5/h4H,3H2,1-2H3,(H,8,9,11). The van der Waals surface area contributed by atoms with Crippen LogP contribution >= 0.6 is 11.3 Å². The van der Waals surface area contributed by atoms with E-state index < -0.39 is 0 Å². The van der Waals surface area contributed by atoms with Gasteiger partial charge < -0.3 is 4.90 Å². The number of nitrogens with one attached hydrogen (secondary N) is 1. The van der Waals surface area contributed by atoms with Gasteiger partial charge in [-0.15, -0.1) is 10.2 Å². The Hall–Kier alpha value is -1.17. The Labute approximate surface area is 74.4 Å². The number of aromatic nitrogens is 2. The third-order valence-corrected chi connectivity index (χ3v) is 2.00. The summed E-state index contributed by atoms with van der Waals surface area (Å²) in [6.45, 7) is 2.57. The molecule has 1 rings (SSSR count). The molecule has 0 aromatic carbocycles. The van der Waals surface area contributed by atoms with E-state index in [1.54, 1.807) is 17.5 Å². The third-order valence-electron chi connectivity index (χ3n) is 1.39. The average molecular weight is 186 g/mol. The van der Waals surface area contributed by atoms with Gasteiger partial charge in [0.05, 0.1) is 0 Å². The zero-order valence-electron chi connectivity index (χ0n) is 6.94. The summed E-state index contributed by atoms with van der Waals surface area (Å²) in [6, 6.07) is -0.158. The van der Waals surface area contributed by atoms with E-state index in [0.29, 0.717) is 11.7 Å². The largest absolute Gasteiger partial charge is 0.328 e. The Morgan fingerprint density at radius 2 is 2.58 bits per heavy atom. The fraction of sp³-hybridized carbons (Fsp3) is 0.500. The highest BCUT2D eigenvalue weighted by Gasteiger charge is 2.07. The number of hydrogen-bond acceptors (Lipinski definition) is 4. The molecular formula is C6H10N4OS. The third kappa shape index (κ3) is 2.16. The summed E-state index contributed by atoms with van der Waals surface area (Å²) in [4.78, 5) is 12.8. The van der Waals surface area contributed by atoms with Gasteiger partial charge in [-0.05, 0) is 6.92 Å². The summed E-state index contributed by atoms with van der Waals surface area (Å²) < 4.78 is 0. The number of carbonyl (C=O) groups is 1. The lowest BCUT2D eigenvalue weighted by Gasteiger charge is -2.13. The van der Waals surface area contributed by atoms with Crippen LogP contribution in [0.5, 0.6) is 0 Å². The van der Waals surface area contributed by atoms with Crippen molar-refractivity contribution >= 4 is 22.5 Å². The molecule has 1 aromatic heterocycles. The molecule has 6 heteroatoms. The van der Waals surface area contributed by atoms with Crippen molar-refractivity contribution in [3.63, 3.8) is 0 Å². The molecule has 66 valence electrons. The molecule has 0 saturated carbocycles. The van der Waals surface area contributed by atoms with E-state index in [4.69, 9.17) is 0 Å². The highest BCUT2D eigenvalue weighted by atomic mass is 32.1. The first-order valence-electron chi connectivity index (χ1n) is 3.52. The van der Waals surface area contributed by atoms with Gasteiger partial charge in [0.1, 0.15) is 5.51 Å². The van der Waals surface area contributed by atoms with Gasteiger partial charge in [0.2, 0.25) is 5.13 Å². The van der Waals surface area contributed by atoms with Crippen LogP contribution in [0.4, 0.5) is 9.93 Å². The first kappa shape index (κ1) is 8.92. The molecule has 5 nitrogen and oxygen atoms in total. The van der Waals surface area contributed by atoms with Gasteiger partial charge in [-0.2, -0.15) is 0 Å². The van der Waals surface area contributed by atoms with Crippen molar-refractivity contribution in [2.24, 2.45) is 0 Å². The molecule has 0 bridgehead atoms. The summed E-state index contributed by atoms with van der Waals surface area (Å²) in [7, 11) is 1.72. The van der Waals surface area contributed by atoms with Crippen LogP contribution < -0.4 is 5.32 Å². The van der Waals surface area contributed by atoms with E-state index in [0.717, 1.165) is 0 Å². The van der Waals surface area contributed by atoms with Crippen LogP contribution in [0.2, 0.25) is 0 Å². The molecular weight excluding hydrogens is 176 g/mol. The Morgan fingerprint density at radius 1 is 1.83 bits per heavy atom. The predicted molar refractivity (Wildman–Crippen MR) is 47.2 cm³/mol. The van der Waals surface area contributed by atoms with Crippen LogP contribution in [-0.4, -0.2) is 34.7 Å². The molecule has 0 aliphatic carbocycles. The number of carbonyl (C=O) groups excluding carboxylic acids is 1. The summed E-state index contributed by atoms with van der Waals surface area (Å²) in [5.74, 6) is 0. The molecule has 0 saturated heterocycles. The molecule has 2 amide bonds. The summed E-state index contributed by atoms with van der Waals surface area (Å²) in [5.41, 5.74) is 1.57. The van der Waals surface area contributed by atoms with Crippen molar-refractivity contribution < 1.29 is 4.79 Å². The summed E-state index contributed by atoms with van der Waals surface area (Å²) in [6.07, 6.45) is 0. The second-order valence-corrected chi connectivity index (χ2v) is 3.02. The van der Waals surface area contributed by atoms with Crippen molar-refractivity contribution in [1.82, 2.24) is 15.1 Å². The van der Waals surface area contributed by atoms with Crippen molar-refractivity contribution in [2.75, 3.05) is 18.9 Å². The molecule has 1 heterocycles. The predicted octanol–water partition coefficient (Wildman–Crippen LogP) is 1.02. The average Bonchev–Trinajstić information content (AvgIpc) is 2.55. The molecule has 12 heavy (non-hydrogen) atoms. The lowest BCUT2D eigenvalue weighted by atomic mass is 10.6. The Bertz CT molecular complexity index is 248. The van der Waals surface area contributed by atoms with Crippen molar-refractivity contribution in [2.45, 2.75) is 6.92 Å². The Kier molecular flexibility index (Phi) is 2.98. The lowest BCUT2D eigenvalue weighted by molar-refractivity contribution is 0.224. The second-order valence-electron chi connectivity index (χ2n) is 2.19. The van der Waals surface area contributed by atoms with E-state index in [1.807, 2.05) is 6.92 Å². The topological polar surface area (TPSA) is 58.1 Å². The normalized spacial score (nSPS) is 9.50. The number of nitrogens with zero attached hydrogens (tertiary/aromatic N) is 3. The van der Waals surface area contributed by atoms with Gasteiger partial charge in [-0.3, -0.25) is 5.32 Å². The van der Waals surface area contributed by atoms with Crippen LogP contribution in [0, 0.1) is 0 Å². The van der Waals surface area contributed by atoms with Crippen molar-refractivity contribution in [3.8, 4) is 0 Å². The first-order valence-corrected chi connectivity index (χ1v) is 4.40. The Morgan fingerprint density at radius 3 is 3.08 bits per heavy atom. The van der Waals surface area contributed by atoms with Gasteiger partial charge in [0.15, 0.2) is 0 Å². The minimum Gasteiger partial charge on any atom is -0.328 e. The molecule has 0 atom stereocenters. The number of rotatable bonds is 2. The van der Waals surface area contributed by atoms with Crippen LogP contribution in [0.1, 0.15) is 6.92 Å². The molecule has 1 aromatic rings. The number of anilines is 1. The molecule has 0 spiro atoms. The maximum absolute atomic E-state index is 11.2. The number of hydrogen-bond donors (Lipinski definition) is 1. The van der Waals surface area contributed by atoms with E-state index >= 15 is 0 Å². The molecule has 1 N–H and O–H groups in total. The minimum atomic E-state index is -0.158. The monoisotopic (exact) mass is 186 g/mol. The van der Waals surface area contributed by atoms with Gasteiger partial charge in [-0.1, -0.05) is 11.3 Å². The zero-order chi connectivity index (χ0) is 8.97. The fourth-order valence-corrected chi connectivity index (χ4v) is 0.993. The number of urea groups is 1. The molecule has 0 unspecified atom stereocenters. The van der Waals surface area contributed by atoms with Crippen LogP contribution in [-0.2, 0) is 0 Å². The second kappa shape index (κ2) is 4.01. The maximum atomic E-state index is 11.2. The van der Waals surface area contributed by atoms with Gasteiger partial charge in [0, 0.05) is 13.6 Å². The number of amides is 2. The smallest absolute Gasteiger partial charge is 0.323 e. The molecule has 0 radical (unpaired) electrons. The van der Waals surface area contributed by atoms with Gasteiger partial charge in [-0.25, -0.2) is 4.79 Å². The molecule has 0 fully saturated rings. The van der Waals surface area contributed by atoms with Crippen LogP contribution in [0.3, 0.4) is 0 Å². The first-order chi connectivity index (χ1) is 5.74. The SMILES string of the molecule is CCN(C)C(=O)Nc1nncs1.